The molecule has 80 valence electrons. The Hall–Kier alpha value is -0.330. The Balaban J connectivity index is 3.76. The van der Waals surface area contributed by atoms with Crippen LogP contribution in [0.25, 0.3) is 0 Å². The zero-order chi connectivity index (χ0) is 10.5. The summed E-state index contributed by atoms with van der Waals surface area (Å²) in [6, 6.07) is -0.873. The van der Waals surface area contributed by atoms with Crippen LogP contribution in [0.5, 0.6) is 0 Å². The molecule has 6 heteroatoms. The van der Waals surface area contributed by atoms with Crippen molar-refractivity contribution in [1.29, 1.82) is 0 Å². The average Bonchev–Trinajstić information content (AvgIpc) is 1.95. The highest BCUT2D eigenvalue weighted by Crippen LogP contribution is 2.21. The van der Waals surface area contributed by atoms with Gasteiger partial charge in [-0.15, -0.1) is 0 Å². The van der Waals surface area contributed by atoms with Crippen LogP contribution in [0, 0.1) is 0 Å². The molecular weight excluding hydrogens is 185 g/mol. The lowest BCUT2D eigenvalue weighted by Crippen LogP contribution is -2.42. The Labute approximate surface area is 75.4 Å². The van der Waals surface area contributed by atoms with Gasteiger partial charge in [0.25, 0.3) is 0 Å². The van der Waals surface area contributed by atoms with Crippen LogP contribution in [-0.2, 0) is 4.74 Å². The standard InChI is InChI=1S/C7H15F3N2O/c1-5(2)13-4-6(12-11)3-7(8,9)10/h5-6,12H,3-4,11H2,1-2H3. The topological polar surface area (TPSA) is 47.3 Å². The maximum Gasteiger partial charge on any atom is 0.390 e. The van der Waals surface area contributed by atoms with Gasteiger partial charge in [0.2, 0.25) is 0 Å². The molecule has 0 aromatic rings. The average molecular weight is 200 g/mol. The lowest BCUT2D eigenvalue weighted by molar-refractivity contribution is -0.144. The lowest BCUT2D eigenvalue weighted by atomic mass is 10.2. The van der Waals surface area contributed by atoms with E-state index in [0.717, 1.165) is 0 Å². The molecule has 0 aromatic heterocycles. The first-order valence-corrected chi connectivity index (χ1v) is 3.99. The van der Waals surface area contributed by atoms with Crippen molar-refractivity contribution in [2.75, 3.05) is 6.61 Å². The fourth-order valence-corrected chi connectivity index (χ4v) is 0.754. The lowest BCUT2D eigenvalue weighted by Gasteiger charge is -2.18. The Morgan fingerprint density at radius 2 is 1.92 bits per heavy atom. The van der Waals surface area contributed by atoms with E-state index in [2.05, 4.69) is 5.43 Å². The molecule has 1 unspecified atom stereocenters. The Kier molecular flexibility index (Phi) is 5.27. The first-order valence-electron chi connectivity index (χ1n) is 3.99. The molecular formula is C7H15F3N2O. The van der Waals surface area contributed by atoms with Crippen LogP contribution in [0.15, 0.2) is 0 Å². The first kappa shape index (κ1) is 12.7. The minimum atomic E-state index is -4.21. The number of hydrazine groups is 1. The molecule has 0 aliphatic rings. The van der Waals surface area contributed by atoms with Crippen molar-refractivity contribution < 1.29 is 17.9 Å². The van der Waals surface area contributed by atoms with Crippen molar-refractivity contribution in [1.82, 2.24) is 5.43 Å². The summed E-state index contributed by atoms with van der Waals surface area (Å²) in [6.07, 6.45) is -5.28. The zero-order valence-electron chi connectivity index (χ0n) is 7.69. The highest BCUT2D eigenvalue weighted by molar-refractivity contribution is 4.67. The van der Waals surface area contributed by atoms with E-state index in [1.54, 1.807) is 13.8 Å². The number of hydrogen-bond donors (Lipinski definition) is 2. The largest absolute Gasteiger partial charge is 0.390 e. The van der Waals surface area contributed by atoms with Gasteiger partial charge >= 0.3 is 6.18 Å². The summed E-state index contributed by atoms with van der Waals surface area (Å²) < 4.78 is 40.6. The van der Waals surface area contributed by atoms with E-state index in [9.17, 15) is 13.2 Å². The van der Waals surface area contributed by atoms with Gasteiger partial charge in [-0.2, -0.15) is 13.2 Å². The van der Waals surface area contributed by atoms with Crippen molar-refractivity contribution in [3.8, 4) is 0 Å². The van der Waals surface area contributed by atoms with Crippen molar-refractivity contribution in [2.24, 2.45) is 5.84 Å². The molecule has 0 fully saturated rings. The number of alkyl halides is 3. The summed E-state index contributed by atoms with van der Waals surface area (Å²) in [6.45, 7) is 3.47. The monoisotopic (exact) mass is 200 g/mol. The molecule has 0 rings (SSSR count). The van der Waals surface area contributed by atoms with E-state index in [1.165, 1.54) is 0 Å². The van der Waals surface area contributed by atoms with Gasteiger partial charge in [-0.1, -0.05) is 0 Å². The molecule has 0 aliphatic heterocycles. The second-order valence-corrected chi connectivity index (χ2v) is 3.06. The molecule has 1 atom stereocenters. The predicted octanol–water partition coefficient (Wildman–Crippen LogP) is 1.20. The number of halogens is 3. The molecule has 0 amide bonds. The fourth-order valence-electron chi connectivity index (χ4n) is 0.754. The molecule has 0 aromatic carbocycles. The van der Waals surface area contributed by atoms with Gasteiger partial charge in [-0.25, -0.2) is 0 Å². The van der Waals surface area contributed by atoms with Gasteiger partial charge < -0.3 is 4.74 Å². The normalized spacial score (nSPS) is 15.0. The minimum Gasteiger partial charge on any atom is -0.377 e. The number of ether oxygens (including phenoxy) is 1. The van der Waals surface area contributed by atoms with E-state index in [1.807, 2.05) is 0 Å². The molecule has 0 radical (unpaired) electrons. The third-order valence-electron chi connectivity index (χ3n) is 1.34. The van der Waals surface area contributed by atoms with Crippen LogP contribution < -0.4 is 11.3 Å². The predicted molar refractivity (Wildman–Crippen MR) is 42.9 cm³/mol. The molecule has 0 spiro atoms. The fraction of sp³-hybridized carbons (Fsp3) is 1.00. The summed E-state index contributed by atoms with van der Waals surface area (Å²) in [5.74, 6) is 4.94. The Morgan fingerprint density at radius 3 is 2.23 bits per heavy atom. The van der Waals surface area contributed by atoms with E-state index >= 15 is 0 Å². The smallest absolute Gasteiger partial charge is 0.377 e. The van der Waals surface area contributed by atoms with Crippen molar-refractivity contribution in [2.45, 2.75) is 38.6 Å². The Morgan fingerprint density at radius 1 is 1.38 bits per heavy atom. The quantitative estimate of drug-likeness (QED) is 0.517. The molecule has 0 saturated carbocycles. The molecule has 0 aliphatic carbocycles. The van der Waals surface area contributed by atoms with Crippen LogP contribution in [0.2, 0.25) is 0 Å². The van der Waals surface area contributed by atoms with Crippen molar-refractivity contribution >= 4 is 0 Å². The maximum absolute atomic E-state index is 11.9. The highest BCUT2D eigenvalue weighted by atomic mass is 19.4. The summed E-state index contributed by atoms with van der Waals surface area (Å²) >= 11 is 0. The van der Waals surface area contributed by atoms with E-state index in [4.69, 9.17) is 10.6 Å². The van der Waals surface area contributed by atoms with Crippen LogP contribution in [-0.4, -0.2) is 24.9 Å². The van der Waals surface area contributed by atoms with E-state index < -0.39 is 18.6 Å². The first-order chi connectivity index (χ1) is 5.85. The van der Waals surface area contributed by atoms with Gasteiger partial charge in [0.1, 0.15) is 0 Å². The zero-order valence-corrected chi connectivity index (χ0v) is 7.69. The molecule has 13 heavy (non-hydrogen) atoms. The van der Waals surface area contributed by atoms with Crippen molar-refractivity contribution in [3.05, 3.63) is 0 Å². The summed E-state index contributed by atoms with van der Waals surface area (Å²) in [7, 11) is 0. The third-order valence-corrected chi connectivity index (χ3v) is 1.34. The number of rotatable bonds is 5. The van der Waals surface area contributed by atoms with Gasteiger partial charge in [0.05, 0.1) is 25.2 Å². The van der Waals surface area contributed by atoms with Crippen LogP contribution in [0.4, 0.5) is 13.2 Å². The molecule has 3 N–H and O–H groups in total. The minimum absolute atomic E-state index is 0.0341. The van der Waals surface area contributed by atoms with Crippen LogP contribution in [0.3, 0.4) is 0 Å². The second kappa shape index (κ2) is 5.41. The molecule has 3 nitrogen and oxygen atoms in total. The molecule has 0 bridgehead atoms. The third kappa shape index (κ3) is 8.01. The van der Waals surface area contributed by atoms with Crippen LogP contribution in [0.1, 0.15) is 20.3 Å². The second-order valence-electron chi connectivity index (χ2n) is 3.06. The molecule has 0 heterocycles. The van der Waals surface area contributed by atoms with E-state index in [-0.39, 0.29) is 12.7 Å². The maximum atomic E-state index is 11.9. The summed E-state index contributed by atoms with van der Waals surface area (Å²) in [5.41, 5.74) is 2.07. The highest BCUT2D eigenvalue weighted by Gasteiger charge is 2.31. The number of hydrogen-bond acceptors (Lipinski definition) is 3. The summed E-state index contributed by atoms with van der Waals surface area (Å²) in [5, 5.41) is 0. The van der Waals surface area contributed by atoms with Gasteiger partial charge in [-0.3, -0.25) is 11.3 Å². The SMILES string of the molecule is CC(C)OCC(CC(F)(F)F)NN. The number of nitrogens with one attached hydrogen (secondary N) is 1. The van der Waals surface area contributed by atoms with Gasteiger partial charge in [-0.05, 0) is 13.8 Å². The van der Waals surface area contributed by atoms with Crippen molar-refractivity contribution in [3.63, 3.8) is 0 Å². The van der Waals surface area contributed by atoms with Gasteiger partial charge in [0.15, 0.2) is 0 Å². The molecule has 0 saturated heterocycles. The summed E-state index contributed by atoms with van der Waals surface area (Å²) in [4.78, 5) is 0. The Bertz CT molecular complexity index is 138. The van der Waals surface area contributed by atoms with E-state index in [0.29, 0.717) is 0 Å². The van der Waals surface area contributed by atoms with Crippen LogP contribution >= 0.6 is 0 Å². The number of nitrogens with two attached hydrogens (primary N) is 1. The van der Waals surface area contributed by atoms with Gasteiger partial charge in [0, 0.05) is 0 Å².